The number of nitrogen functional groups attached to an aromatic ring is 1. The van der Waals surface area contributed by atoms with Gasteiger partial charge >= 0.3 is 5.97 Å². The average Bonchev–Trinajstić information content (AvgIpc) is 2.35. The van der Waals surface area contributed by atoms with Crippen molar-refractivity contribution in [3.63, 3.8) is 0 Å². The molecule has 3 N–H and O–H groups in total. The molecule has 1 unspecified atom stereocenters. The molecule has 0 saturated heterocycles. The van der Waals surface area contributed by atoms with Gasteiger partial charge in [0.1, 0.15) is 10.9 Å². The van der Waals surface area contributed by atoms with Gasteiger partial charge in [0, 0.05) is 0 Å². The highest BCUT2D eigenvalue weighted by atomic mass is 35.5. The highest BCUT2D eigenvalue weighted by Crippen LogP contribution is 2.27. The second-order valence-corrected chi connectivity index (χ2v) is 7.04. The smallest absolute Gasteiger partial charge is 0.323 e. The van der Waals surface area contributed by atoms with Gasteiger partial charge in [-0.2, -0.15) is 4.72 Å². The van der Waals surface area contributed by atoms with Crippen LogP contribution in [-0.4, -0.2) is 27.5 Å². The van der Waals surface area contributed by atoms with Crippen molar-refractivity contribution in [2.75, 3.05) is 12.8 Å². The molecule has 6 nitrogen and oxygen atoms in total. The zero-order valence-corrected chi connectivity index (χ0v) is 13.7. The van der Waals surface area contributed by atoms with E-state index in [9.17, 15) is 13.2 Å². The summed E-state index contributed by atoms with van der Waals surface area (Å²) in [6.07, 6.45) is 0.302. The lowest BCUT2D eigenvalue weighted by Gasteiger charge is -2.19. The van der Waals surface area contributed by atoms with Crippen LogP contribution in [-0.2, 0) is 19.6 Å². The van der Waals surface area contributed by atoms with Crippen LogP contribution in [0.3, 0.4) is 0 Å². The van der Waals surface area contributed by atoms with Gasteiger partial charge in [0.2, 0.25) is 10.0 Å². The number of methoxy groups -OCH3 is 1. The van der Waals surface area contributed by atoms with E-state index in [0.717, 1.165) is 0 Å². The summed E-state index contributed by atoms with van der Waals surface area (Å²) in [6.45, 7) is 3.74. The minimum Gasteiger partial charge on any atom is -0.468 e. The lowest BCUT2D eigenvalue weighted by molar-refractivity contribution is -0.143. The Labute approximate surface area is 129 Å². The van der Waals surface area contributed by atoms with Gasteiger partial charge in [-0.15, -0.1) is 0 Å². The summed E-state index contributed by atoms with van der Waals surface area (Å²) >= 11 is 5.90. The van der Waals surface area contributed by atoms with E-state index < -0.39 is 22.0 Å². The minimum absolute atomic E-state index is 0.00402. The summed E-state index contributed by atoms with van der Waals surface area (Å²) in [5, 5.41) is -0.00402. The quantitative estimate of drug-likeness (QED) is 0.610. The van der Waals surface area contributed by atoms with Crippen LogP contribution in [0.25, 0.3) is 0 Å². The Morgan fingerprint density at radius 1 is 1.43 bits per heavy atom. The van der Waals surface area contributed by atoms with E-state index in [1.54, 1.807) is 6.07 Å². The maximum atomic E-state index is 12.4. The van der Waals surface area contributed by atoms with E-state index in [2.05, 4.69) is 9.46 Å². The molecule has 0 aliphatic rings. The third-order valence-electron chi connectivity index (χ3n) is 2.76. The summed E-state index contributed by atoms with van der Waals surface area (Å²) in [7, 11) is -2.83. The molecule has 0 spiro atoms. The number of nitrogens with one attached hydrogen (secondary N) is 1. The van der Waals surface area contributed by atoms with Crippen LogP contribution >= 0.6 is 11.6 Å². The molecule has 0 fully saturated rings. The third-order valence-corrected chi connectivity index (χ3v) is 4.77. The number of halogens is 1. The number of benzene rings is 1. The van der Waals surface area contributed by atoms with Crippen molar-refractivity contribution >= 4 is 33.3 Å². The first kappa shape index (κ1) is 17.7. The molecule has 1 aromatic carbocycles. The van der Waals surface area contributed by atoms with Gasteiger partial charge in [-0.1, -0.05) is 31.5 Å². The molecule has 1 rings (SSSR count). The van der Waals surface area contributed by atoms with Crippen molar-refractivity contribution in [1.82, 2.24) is 4.72 Å². The molecule has 0 heterocycles. The lowest BCUT2D eigenvalue weighted by Crippen LogP contribution is -2.42. The Hall–Kier alpha value is -1.31. The van der Waals surface area contributed by atoms with Crippen LogP contribution in [0.4, 0.5) is 5.69 Å². The zero-order valence-electron chi connectivity index (χ0n) is 12.1. The molecule has 8 heteroatoms. The molecule has 0 aliphatic heterocycles. The summed E-state index contributed by atoms with van der Waals surface area (Å²) in [4.78, 5) is 11.5. The largest absolute Gasteiger partial charge is 0.468 e. The summed E-state index contributed by atoms with van der Waals surface area (Å²) in [5.41, 5.74) is 5.69. The Balaban J connectivity index is 3.15. The second kappa shape index (κ2) is 7.11. The topological polar surface area (TPSA) is 98.5 Å². The Morgan fingerprint density at radius 2 is 2.05 bits per heavy atom. The van der Waals surface area contributed by atoms with Gasteiger partial charge < -0.3 is 10.5 Å². The number of nitrogens with two attached hydrogens (primary N) is 1. The fourth-order valence-electron chi connectivity index (χ4n) is 1.86. The number of anilines is 1. The number of hydrogen-bond donors (Lipinski definition) is 2. The fourth-order valence-corrected chi connectivity index (χ4v) is 3.74. The number of carbonyl (C=O) groups is 1. The molecule has 21 heavy (non-hydrogen) atoms. The van der Waals surface area contributed by atoms with Gasteiger partial charge in [-0.05, 0) is 24.5 Å². The molecule has 0 aromatic heterocycles. The summed E-state index contributed by atoms with van der Waals surface area (Å²) in [5.74, 6) is -0.557. The number of sulfonamides is 1. The van der Waals surface area contributed by atoms with E-state index in [1.165, 1.54) is 19.2 Å². The molecule has 0 saturated carbocycles. The zero-order chi connectivity index (χ0) is 16.2. The van der Waals surface area contributed by atoms with E-state index in [4.69, 9.17) is 17.3 Å². The molecule has 0 radical (unpaired) electrons. The first-order chi connectivity index (χ1) is 9.69. The van der Waals surface area contributed by atoms with Crippen LogP contribution < -0.4 is 10.5 Å². The number of carbonyl (C=O) groups excluding carboxylic acids is 1. The van der Waals surface area contributed by atoms with Crippen molar-refractivity contribution in [3.05, 3.63) is 23.2 Å². The minimum atomic E-state index is -4.03. The van der Waals surface area contributed by atoms with E-state index in [0.29, 0.717) is 6.42 Å². The number of esters is 1. The van der Waals surface area contributed by atoms with Gasteiger partial charge in [0.15, 0.2) is 0 Å². The Kier molecular flexibility index (Phi) is 6.00. The maximum Gasteiger partial charge on any atom is 0.323 e. The van der Waals surface area contributed by atoms with Gasteiger partial charge in [0.25, 0.3) is 0 Å². The van der Waals surface area contributed by atoms with Gasteiger partial charge in [-0.3, -0.25) is 4.79 Å². The molecule has 0 aliphatic carbocycles. The van der Waals surface area contributed by atoms with Gasteiger partial charge in [-0.25, -0.2) is 8.42 Å². The van der Waals surface area contributed by atoms with E-state index >= 15 is 0 Å². The third kappa shape index (κ3) is 4.59. The van der Waals surface area contributed by atoms with Crippen molar-refractivity contribution in [1.29, 1.82) is 0 Å². The van der Waals surface area contributed by atoms with E-state index in [-0.39, 0.29) is 21.5 Å². The highest BCUT2D eigenvalue weighted by Gasteiger charge is 2.29. The van der Waals surface area contributed by atoms with E-state index in [1.807, 2.05) is 13.8 Å². The molecular weight excluding hydrogens is 316 g/mol. The van der Waals surface area contributed by atoms with Crippen LogP contribution in [0.1, 0.15) is 20.3 Å². The van der Waals surface area contributed by atoms with Crippen molar-refractivity contribution in [3.8, 4) is 0 Å². The maximum absolute atomic E-state index is 12.4. The first-order valence-electron chi connectivity index (χ1n) is 6.33. The predicted molar refractivity (Wildman–Crippen MR) is 81.4 cm³/mol. The normalized spacial score (nSPS) is 13.2. The molecule has 0 bridgehead atoms. The fraction of sp³-hybridized carbons (Fsp3) is 0.462. The average molecular weight is 335 g/mol. The van der Waals surface area contributed by atoms with Gasteiger partial charge in [0.05, 0.1) is 17.8 Å². The van der Waals surface area contributed by atoms with Crippen molar-refractivity contribution in [2.24, 2.45) is 5.92 Å². The lowest BCUT2D eigenvalue weighted by atomic mass is 10.1. The highest BCUT2D eigenvalue weighted by molar-refractivity contribution is 7.89. The summed E-state index contributed by atoms with van der Waals surface area (Å²) < 4.78 is 31.7. The molecular formula is C13H19ClN2O4S. The molecule has 1 atom stereocenters. The van der Waals surface area contributed by atoms with Crippen LogP contribution in [0, 0.1) is 5.92 Å². The number of hydrogen-bond acceptors (Lipinski definition) is 5. The summed E-state index contributed by atoms with van der Waals surface area (Å²) in [6, 6.07) is 3.40. The van der Waals surface area contributed by atoms with Crippen molar-refractivity contribution in [2.45, 2.75) is 31.2 Å². The monoisotopic (exact) mass is 334 g/mol. The van der Waals surface area contributed by atoms with Crippen molar-refractivity contribution < 1.29 is 17.9 Å². The number of rotatable bonds is 6. The first-order valence-corrected chi connectivity index (χ1v) is 8.19. The molecule has 1 aromatic rings. The molecule has 0 amide bonds. The standard InChI is InChI=1S/C13H19ClN2O4S/c1-8(2)7-11(13(17)20-3)16-21(18,19)12-9(14)5-4-6-10(12)15/h4-6,8,11,16H,7,15H2,1-3H3. The second-order valence-electron chi connectivity index (χ2n) is 4.98. The molecule has 118 valence electrons. The predicted octanol–water partition coefficient (Wildman–Crippen LogP) is 1.79. The van der Waals surface area contributed by atoms with Crippen LogP contribution in [0.5, 0.6) is 0 Å². The Morgan fingerprint density at radius 3 is 2.52 bits per heavy atom. The SMILES string of the molecule is COC(=O)C(CC(C)C)NS(=O)(=O)c1c(N)cccc1Cl. The van der Waals surface area contributed by atoms with Crippen LogP contribution in [0.2, 0.25) is 5.02 Å². The Bertz CT molecular complexity index is 596. The number of ether oxygens (including phenoxy) is 1. The van der Waals surface area contributed by atoms with Crippen LogP contribution in [0.15, 0.2) is 23.1 Å².